The second-order valence-electron chi connectivity index (χ2n) is 4.41. The molecule has 0 aliphatic carbocycles. The zero-order valence-corrected chi connectivity index (χ0v) is 11.2. The van der Waals surface area contributed by atoms with Gasteiger partial charge in [0.25, 0.3) is 0 Å². The van der Waals surface area contributed by atoms with Crippen molar-refractivity contribution in [3.8, 4) is 0 Å². The highest BCUT2D eigenvalue weighted by Crippen LogP contribution is 2.32. The Morgan fingerprint density at radius 2 is 2.06 bits per heavy atom. The number of carbonyl (C=O) groups is 1. The van der Waals surface area contributed by atoms with Crippen molar-refractivity contribution in [1.29, 1.82) is 0 Å². The Morgan fingerprint density at radius 3 is 2.67 bits per heavy atom. The lowest BCUT2D eigenvalue weighted by Gasteiger charge is -2.02. The maximum absolute atomic E-state index is 10.6. The van der Waals surface area contributed by atoms with Gasteiger partial charge in [-0.3, -0.25) is 0 Å². The lowest BCUT2D eigenvalue weighted by molar-refractivity contribution is -0.131. The van der Waals surface area contributed by atoms with Gasteiger partial charge in [0, 0.05) is 24.1 Å². The number of aromatic nitrogens is 1. The predicted octanol–water partition coefficient (Wildman–Crippen LogP) is 3.55. The lowest BCUT2D eigenvalue weighted by Crippen LogP contribution is -1.89. The third kappa shape index (κ3) is 2.02. The molecule has 0 saturated carbocycles. The molecule has 0 bridgehead atoms. The first-order chi connectivity index (χ1) is 8.41. The molecule has 2 rings (SSSR count). The number of benzene rings is 1. The van der Waals surface area contributed by atoms with E-state index in [1.165, 1.54) is 0 Å². The standard InChI is InChI=1S/C14H14ClNO2/c1-8-6-9(2)13-11(7-8)10(4-5-12(17)18)14(15)16(13)3/h4-7H,1-3H3,(H,17,18)/b5-4+. The largest absolute Gasteiger partial charge is 0.478 e. The average Bonchev–Trinajstić information content (AvgIpc) is 2.49. The third-order valence-electron chi connectivity index (χ3n) is 2.98. The van der Waals surface area contributed by atoms with E-state index in [0.29, 0.717) is 5.15 Å². The Labute approximate surface area is 110 Å². The van der Waals surface area contributed by atoms with Crippen molar-refractivity contribution in [2.45, 2.75) is 13.8 Å². The van der Waals surface area contributed by atoms with Crippen LogP contribution in [0, 0.1) is 13.8 Å². The molecule has 4 heteroatoms. The zero-order valence-electron chi connectivity index (χ0n) is 10.5. The van der Waals surface area contributed by atoms with Gasteiger partial charge in [0.1, 0.15) is 5.15 Å². The molecule has 0 aliphatic heterocycles. The van der Waals surface area contributed by atoms with Crippen LogP contribution in [0.1, 0.15) is 16.7 Å². The Morgan fingerprint density at radius 1 is 1.39 bits per heavy atom. The summed E-state index contributed by atoms with van der Waals surface area (Å²) in [4.78, 5) is 10.6. The fourth-order valence-electron chi connectivity index (χ4n) is 2.31. The van der Waals surface area contributed by atoms with E-state index >= 15 is 0 Å². The van der Waals surface area contributed by atoms with E-state index in [0.717, 1.165) is 33.7 Å². The summed E-state index contributed by atoms with van der Waals surface area (Å²) >= 11 is 6.26. The van der Waals surface area contributed by atoms with E-state index in [4.69, 9.17) is 16.7 Å². The summed E-state index contributed by atoms with van der Waals surface area (Å²) in [5.41, 5.74) is 4.05. The Hall–Kier alpha value is -1.74. The Kier molecular flexibility index (Phi) is 3.18. The summed E-state index contributed by atoms with van der Waals surface area (Å²) in [5.74, 6) is -0.979. The van der Waals surface area contributed by atoms with Gasteiger partial charge in [-0.15, -0.1) is 0 Å². The fourth-order valence-corrected chi connectivity index (χ4v) is 2.56. The van der Waals surface area contributed by atoms with E-state index in [1.54, 1.807) is 6.08 Å². The summed E-state index contributed by atoms with van der Waals surface area (Å²) in [6.07, 6.45) is 2.66. The van der Waals surface area contributed by atoms with E-state index in [9.17, 15) is 4.79 Å². The van der Waals surface area contributed by atoms with Crippen molar-refractivity contribution in [2.75, 3.05) is 0 Å². The summed E-state index contributed by atoms with van der Waals surface area (Å²) in [5, 5.41) is 10.3. The molecule has 0 atom stereocenters. The quantitative estimate of drug-likeness (QED) is 0.842. The van der Waals surface area contributed by atoms with Crippen molar-refractivity contribution >= 4 is 34.5 Å². The Balaban J connectivity index is 2.81. The lowest BCUT2D eigenvalue weighted by atomic mass is 10.1. The van der Waals surface area contributed by atoms with Gasteiger partial charge < -0.3 is 9.67 Å². The molecular formula is C14H14ClNO2. The number of carboxylic acids is 1. The normalized spacial score (nSPS) is 11.6. The van der Waals surface area contributed by atoms with Gasteiger partial charge in [-0.25, -0.2) is 4.79 Å². The average molecular weight is 264 g/mol. The SMILES string of the molecule is Cc1cc(C)c2c(c1)c(/C=C/C(=O)O)c(Cl)n2C. The number of halogens is 1. The Bertz CT molecular complexity index is 668. The first-order valence-electron chi connectivity index (χ1n) is 5.58. The van der Waals surface area contributed by atoms with Crippen LogP contribution in [0.3, 0.4) is 0 Å². The molecule has 0 saturated heterocycles. The van der Waals surface area contributed by atoms with Crippen LogP contribution in [0.25, 0.3) is 17.0 Å². The molecule has 2 aromatic rings. The topological polar surface area (TPSA) is 42.2 Å². The molecule has 1 aromatic heterocycles. The minimum absolute atomic E-state index is 0.552. The molecule has 0 fully saturated rings. The van der Waals surface area contributed by atoms with Crippen molar-refractivity contribution < 1.29 is 9.90 Å². The van der Waals surface area contributed by atoms with E-state index in [-0.39, 0.29) is 0 Å². The molecule has 0 spiro atoms. The summed E-state index contributed by atoms with van der Waals surface area (Å²) in [7, 11) is 1.88. The van der Waals surface area contributed by atoms with E-state index in [2.05, 4.69) is 6.07 Å². The third-order valence-corrected chi connectivity index (χ3v) is 3.44. The van der Waals surface area contributed by atoms with Gasteiger partial charge in [-0.05, 0) is 31.6 Å². The number of nitrogens with zero attached hydrogens (tertiary/aromatic N) is 1. The molecule has 0 amide bonds. The van der Waals surface area contributed by atoms with Crippen LogP contribution < -0.4 is 0 Å². The second-order valence-corrected chi connectivity index (χ2v) is 4.77. The summed E-state index contributed by atoms with van der Waals surface area (Å²) < 4.78 is 1.88. The molecule has 1 aromatic carbocycles. The van der Waals surface area contributed by atoms with Crippen LogP contribution in [0.5, 0.6) is 0 Å². The van der Waals surface area contributed by atoms with Gasteiger partial charge in [0.05, 0.1) is 5.52 Å². The van der Waals surface area contributed by atoms with Gasteiger partial charge >= 0.3 is 5.97 Å². The summed E-state index contributed by atoms with van der Waals surface area (Å²) in [6, 6.07) is 4.11. The molecule has 1 N–H and O–H groups in total. The number of fused-ring (bicyclic) bond motifs is 1. The van der Waals surface area contributed by atoms with Crippen LogP contribution in [0.15, 0.2) is 18.2 Å². The van der Waals surface area contributed by atoms with Crippen molar-refractivity contribution in [3.63, 3.8) is 0 Å². The molecule has 94 valence electrons. The van der Waals surface area contributed by atoms with E-state index in [1.807, 2.05) is 31.5 Å². The van der Waals surface area contributed by atoms with Crippen LogP contribution in [0.4, 0.5) is 0 Å². The number of hydrogen-bond donors (Lipinski definition) is 1. The second kappa shape index (κ2) is 4.50. The fraction of sp³-hybridized carbons (Fsp3) is 0.214. The minimum atomic E-state index is -0.979. The van der Waals surface area contributed by atoms with Gasteiger partial charge in [0.15, 0.2) is 0 Å². The number of rotatable bonds is 2. The number of hydrogen-bond acceptors (Lipinski definition) is 1. The van der Waals surface area contributed by atoms with Gasteiger partial charge in [-0.1, -0.05) is 23.2 Å². The zero-order chi connectivity index (χ0) is 13.4. The molecule has 1 heterocycles. The molecule has 0 radical (unpaired) electrons. The highest BCUT2D eigenvalue weighted by molar-refractivity contribution is 6.33. The van der Waals surface area contributed by atoms with Crippen molar-refractivity contribution in [1.82, 2.24) is 4.57 Å². The number of carboxylic acid groups (broad SMARTS) is 1. The highest BCUT2D eigenvalue weighted by atomic mass is 35.5. The summed E-state index contributed by atoms with van der Waals surface area (Å²) in [6.45, 7) is 4.04. The highest BCUT2D eigenvalue weighted by Gasteiger charge is 2.13. The van der Waals surface area contributed by atoms with Crippen molar-refractivity contribution in [3.05, 3.63) is 40.1 Å². The maximum atomic E-state index is 10.6. The number of aliphatic carboxylic acids is 1. The molecule has 0 aliphatic rings. The van der Waals surface area contributed by atoms with Gasteiger partial charge in [0.2, 0.25) is 0 Å². The molecular weight excluding hydrogens is 250 g/mol. The van der Waals surface area contributed by atoms with Crippen LogP contribution in [-0.4, -0.2) is 15.6 Å². The molecule has 18 heavy (non-hydrogen) atoms. The maximum Gasteiger partial charge on any atom is 0.328 e. The van der Waals surface area contributed by atoms with Gasteiger partial charge in [-0.2, -0.15) is 0 Å². The van der Waals surface area contributed by atoms with Crippen LogP contribution in [0.2, 0.25) is 5.15 Å². The monoisotopic (exact) mass is 263 g/mol. The molecule has 0 unspecified atom stereocenters. The smallest absolute Gasteiger partial charge is 0.328 e. The van der Waals surface area contributed by atoms with E-state index < -0.39 is 5.97 Å². The van der Waals surface area contributed by atoms with Crippen molar-refractivity contribution in [2.24, 2.45) is 7.05 Å². The first kappa shape index (κ1) is 12.7. The van der Waals surface area contributed by atoms with Crippen LogP contribution >= 0.6 is 11.6 Å². The number of aryl methyl sites for hydroxylation is 3. The minimum Gasteiger partial charge on any atom is -0.478 e. The first-order valence-corrected chi connectivity index (χ1v) is 5.95. The van der Waals surface area contributed by atoms with Crippen LogP contribution in [-0.2, 0) is 11.8 Å². The predicted molar refractivity (Wildman–Crippen MR) is 74.1 cm³/mol. The molecule has 3 nitrogen and oxygen atoms in total.